The van der Waals surface area contributed by atoms with Crippen molar-refractivity contribution in [1.82, 2.24) is 0 Å². The molecule has 1 aliphatic rings. The topological polar surface area (TPSA) is 16.4 Å². The van der Waals surface area contributed by atoms with Crippen LogP contribution in [0.1, 0.15) is 25.0 Å². The van der Waals surface area contributed by atoms with Crippen molar-refractivity contribution >= 4 is 60.5 Å². The van der Waals surface area contributed by atoms with Crippen LogP contribution in [0.5, 0.6) is 0 Å². The summed E-state index contributed by atoms with van der Waals surface area (Å²) in [5, 5.41) is 7.04. The van der Waals surface area contributed by atoms with E-state index in [1.165, 1.54) is 60.5 Å². The SMILES string of the molecule is CC1(C)c2ccccc2-c2ccc(N(c3ccc4c(c3)oc3c(-c5cccc6ccccc56)c5ccccc5cc34)c3ccccc3-c3ccccc3)cc21. The summed E-state index contributed by atoms with van der Waals surface area (Å²) >= 11 is 0. The Morgan fingerprint density at radius 2 is 1.05 bits per heavy atom. The zero-order valence-corrected chi connectivity index (χ0v) is 30.8. The van der Waals surface area contributed by atoms with Gasteiger partial charge < -0.3 is 9.32 Å². The molecular formula is C53H37NO. The van der Waals surface area contributed by atoms with Gasteiger partial charge in [0.05, 0.1) is 5.69 Å². The van der Waals surface area contributed by atoms with Crippen molar-refractivity contribution in [2.24, 2.45) is 0 Å². The average Bonchev–Trinajstić information content (AvgIpc) is 3.71. The lowest BCUT2D eigenvalue weighted by Gasteiger charge is -2.29. The number of fused-ring (bicyclic) bond motifs is 8. The van der Waals surface area contributed by atoms with Gasteiger partial charge in [-0.2, -0.15) is 0 Å². The fraction of sp³-hybridized carbons (Fsp3) is 0.0566. The van der Waals surface area contributed by atoms with E-state index in [9.17, 15) is 0 Å². The van der Waals surface area contributed by atoms with Crippen LogP contribution in [-0.2, 0) is 5.41 Å². The van der Waals surface area contributed by atoms with Crippen LogP contribution in [0.15, 0.2) is 192 Å². The van der Waals surface area contributed by atoms with Crippen molar-refractivity contribution in [3.63, 3.8) is 0 Å². The van der Waals surface area contributed by atoms with Crippen LogP contribution >= 0.6 is 0 Å². The zero-order valence-electron chi connectivity index (χ0n) is 30.8. The first-order valence-electron chi connectivity index (χ1n) is 19.1. The maximum atomic E-state index is 7.10. The molecule has 0 saturated heterocycles. The first-order chi connectivity index (χ1) is 27.0. The predicted octanol–water partition coefficient (Wildman–Crippen LogP) is 15.0. The summed E-state index contributed by atoms with van der Waals surface area (Å²) in [5.74, 6) is 0. The molecule has 10 aromatic rings. The molecule has 1 heterocycles. The molecule has 0 atom stereocenters. The summed E-state index contributed by atoms with van der Waals surface area (Å²) in [7, 11) is 0. The van der Waals surface area contributed by atoms with E-state index >= 15 is 0 Å². The number of anilines is 3. The average molecular weight is 704 g/mol. The van der Waals surface area contributed by atoms with E-state index in [1.807, 2.05) is 0 Å². The second-order valence-electron chi connectivity index (χ2n) is 15.3. The fourth-order valence-corrected chi connectivity index (χ4v) is 9.20. The molecule has 1 aromatic heterocycles. The number of benzene rings is 9. The third kappa shape index (κ3) is 4.81. The van der Waals surface area contributed by atoms with Crippen LogP contribution in [0.25, 0.3) is 76.9 Å². The van der Waals surface area contributed by atoms with Crippen LogP contribution in [0, 0.1) is 0 Å². The molecule has 1 aliphatic carbocycles. The van der Waals surface area contributed by atoms with Gasteiger partial charge in [-0.3, -0.25) is 0 Å². The smallest absolute Gasteiger partial charge is 0.143 e. The Labute approximate surface area is 320 Å². The van der Waals surface area contributed by atoms with E-state index in [2.05, 4.69) is 207 Å². The van der Waals surface area contributed by atoms with E-state index in [0.29, 0.717) is 0 Å². The normalized spacial score (nSPS) is 13.1. The fourth-order valence-electron chi connectivity index (χ4n) is 9.20. The van der Waals surface area contributed by atoms with Crippen LogP contribution in [-0.4, -0.2) is 0 Å². The Balaban J connectivity index is 1.16. The Hall–Kier alpha value is -6.90. The summed E-state index contributed by atoms with van der Waals surface area (Å²) in [4.78, 5) is 2.41. The molecule has 2 heteroatoms. The lowest BCUT2D eigenvalue weighted by atomic mass is 9.82. The maximum absolute atomic E-state index is 7.10. The molecular weight excluding hydrogens is 667 g/mol. The third-order valence-corrected chi connectivity index (χ3v) is 11.8. The number of rotatable bonds is 5. The maximum Gasteiger partial charge on any atom is 0.143 e. The van der Waals surface area contributed by atoms with Gasteiger partial charge in [0.25, 0.3) is 0 Å². The van der Waals surface area contributed by atoms with Gasteiger partial charge in [-0.05, 0) is 91.3 Å². The molecule has 0 saturated carbocycles. The standard InChI is InChI=1S/C53H37NO/c1-53(2)47-25-12-10-23-42(47)43-29-27-37(32-48(43)53)54(49-26-13-11-21-40(49)35-15-4-3-5-16-35)38-28-30-44-46-31-36-18-7-9-22-41(36)51(52(46)55-50(44)33-38)45-24-14-19-34-17-6-8-20-39(34)45/h3-33H,1-2H3. The first kappa shape index (κ1) is 31.6. The van der Waals surface area contributed by atoms with E-state index in [-0.39, 0.29) is 5.41 Å². The molecule has 0 spiro atoms. The quantitative estimate of drug-likeness (QED) is 0.177. The summed E-state index contributed by atoms with van der Waals surface area (Å²) in [6.07, 6.45) is 0. The molecule has 2 nitrogen and oxygen atoms in total. The highest BCUT2D eigenvalue weighted by Gasteiger charge is 2.36. The van der Waals surface area contributed by atoms with Crippen molar-refractivity contribution < 1.29 is 4.42 Å². The van der Waals surface area contributed by atoms with E-state index < -0.39 is 0 Å². The first-order valence-corrected chi connectivity index (χ1v) is 19.1. The monoisotopic (exact) mass is 703 g/mol. The molecule has 11 rings (SSSR count). The van der Waals surface area contributed by atoms with Crippen LogP contribution in [0.3, 0.4) is 0 Å². The predicted molar refractivity (Wildman–Crippen MR) is 232 cm³/mol. The minimum atomic E-state index is -0.130. The largest absolute Gasteiger partial charge is 0.455 e. The molecule has 55 heavy (non-hydrogen) atoms. The zero-order chi connectivity index (χ0) is 36.7. The van der Waals surface area contributed by atoms with Gasteiger partial charge in [0, 0.05) is 44.8 Å². The number of hydrogen-bond acceptors (Lipinski definition) is 2. The Morgan fingerprint density at radius 3 is 1.93 bits per heavy atom. The van der Waals surface area contributed by atoms with Crippen molar-refractivity contribution in [2.75, 3.05) is 4.90 Å². The van der Waals surface area contributed by atoms with Gasteiger partial charge in [-0.25, -0.2) is 0 Å². The van der Waals surface area contributed by atoms with Gasteiger partial charge >= 0.3 is 0 Å². The molecule has 0 amide bonds. The summed E-state index contributed by atoms with van der Waals surface area (Å²) in [5.41, 5.74) is 14.9. The summed E-state index contributed by atoms with van der Waals surface area (Å²) < 4.78 is 7.10. The molecule has 9 aromatic carbocycles. The summed E-state index contributed by atoms with van der Waals surface area (Å²) in [6.45, 7) is 4.70. The third-order valence-electron chi connectivity index (χ3n) is 11.8. The van der Waals surface area contributed by atoms with Crippen LogP contribution in [0.4, 0.5) is 17.1 Å². The lowest BCUT2D eigenvalue weighted by Crippen LogP contribution is -2.16. The number of hydrogen-bond donors (Lipinski definition) is 0. The second kappa shape index (κ2) is 12.1. The van der Waals surface area contributed by atoms with Gasteiger partial charge in [0.1, 0.15) is 11.2 Å². The van der Waals surface area contributed by atoms with Crippen molar-refractivity contribution in [1.29, 1.82) is 0 Å². The molecule has 260 valence electrons. The second-order valence-corrected chi connectivity index (χ2v) is 15.3. The van der Waals surface area contributed by atoms with Crippen LogP contribution in [0.2, 0.25) is 0 Å². The van der Waals surface area contributed by atoms with Gasteiger partial charge in [0.15, 0.2) is 0 Å². The molecule has 0 fully saturated rings. The minimum absolute atomic E-state index is 0.130. The highest BCUT2D eigenvalue weighted by atomic mass is 16.3. The summed E-state index contributed by atoms with van der Waals surface area (Å²) in [6, 6.07) is 68.3. The van der Waals surface area contributed by atoms with Gasteiger partial charge in [0.2, 0.25) is 0 Å². The van der Waals surface area contributed by atoms with Gasteiger partial charge in [-0.15, -0.1) is 0 Å². The number of para-hydroxylation sites is 1. The Bertz CT molecular complexity index is 3130. The Kier molecular flexibility index (Phi) is 6.93. The highest BCUT2D eigenvalue weighted by Crippen LogP contribution is 2.52. The highest BCUT2D eigenvalue weighted by molar-refractivity contribution is 6.21. The molecule has 0 radical (unpaired) electrons. The van der Waals surface area contributed by atoms with Gasteiger partial charge in [-0.1, -0.05) is 159 Å². The van der Waals surface area contributed by atoms with Crippen molar-refractivity contribution in [3.8, 4) is 33.4 Å². The van der Waals surface area contributed by atoms with Crippen molar-refractivity contribution in [2.45, 2.75) is 19.3 Å². The number of nitrogens with zero attached hydrogens (tertiary/aromatic N) is 1. The molecule has 0 N–H and O–H groups in total. The minimum Gasteiger partial charge on any atom is -0.455 e. The Morgan fingerprint density at radius 1 is 0.418 bits per heavy atom. The number of furan rings is 1. The van der Waals surface area contributed by atoms with E-state index in [0.717, 1.165) is 44.6 Å². The molecule has 0 aliphatic heterocycles. The van der Waals surface area contributed by atoms with Crippen LogP contribution < -0.4 is 4.90 Å². The van der Waals surface area contributed by atoms with Crippen molar-refractivity contribution in [3.05, 3.63) is 199 Å². The molecule has 0 unspecified atom stereocenters. The van der Waals surface area contributed by atoms with E-state index in [4.69, 9.17) is 4.42 Å². The molecule has 0 bridgehead atoms. The lowest BCUT2D eigenvalue weighted by molar-refractivity contribution is 0.660. The van der Waals surface area contributed by atoms with E-state index in [1.54, 1.807) is 0 Å².